The first kappa shape index (κ1) is 15.2. The van der Waals surface area contributed by atoms with Crippen LogP contribution < -0.4 is 10.0 Å². The molecule has 2 rings (SSSR count). The Kier molecular flexibility index (Phi) is 4.87. The smallest absolute Gasteiger partial charge is 0.215 e. The number of hydrogen-bond donors (Lipinski definition) is 2. The molecule has 2 fully saturated rings. The van der Waals surface area contributed by atoms with Crippen LogP contribution in [0, 0.1) is 0 Å². The maximum atomic E-state index is 12.1. The lowest BCUT2D eigenvalue weighted by molar-refractivity contribution is 0.248. The van der Waals surface area contributed by atoms with Crippen molar-refractivity contribution in [2.24, 2.45) is 0 Å². The number of sulfonamides is 1. The Balaban J connectivity index is 1.72. The van der Waals surface area contributed by atoms with Crippen molar-refractivity contribution in [1.29, 1.82) is 0 Å². The molecule has 2 atom stereocenters. The van der Waals surface area contributed by atoms with Crippen molar-refractivity contribution in [1.82, 2.24) is 14.9 Å². The number of likely N-dealkylation sites (N-methyl/N-ethyl adjacent to an activating group) is 1. The minimum atomic E-state index is -3.20. The predicted molar refractivity (Wildman–Crippen MR) is 77.7 cm³/mol. The van der Waals surface area contributed by atoms with Gasteiger partial charge in [0.25, 0.3) is 0 Å². The van der Waals surface area contributed by atoms with E-state index in [1.807, 2.05) is 0 Å². The van der Waals surface area contributed by atoms with Gasteiger partial charge in [-0.25, -0.2) is 13.1 Å². The van der Waals surface area contributed by atoms with Gasteiger partial charge >= 0.3 is 0 Å². The van der Waals surface area contributed by atoms with Crippen molar-refractivity contribution >= 4 is 10.0 Å². The summed E-state index contributed by atoms with van der Waals surface area (Å²) in [6, 6.07) is 1.47. The highest BCUT2D eigenvalue weighted by molar-refractivity contribution is 7.90. The van der Waals surface area contributed by atoms with E-state index >= 15 is 0 Å². The minimum Gasteiger partial charge on any atom is -0.313 e. The summed E-state index contributed by atoms with van der Waals surface area (Å²) in [7, 11) is -1.12. The van der Waals surface area contributed by atoms with Gasteiger partial charge in [-0.3, -0.25) is 4.90 Å². The van der Waals surface area contributed by atoms with E-state index in [0.29, 0.717) is 25.2 Å². The van der Waals surface area contributed by atoms with Crippen molar-refractivity contribution in [2.75, 3.05) is 20.1 Å². The maximum Gasteiger partial charge on any atom is 0.215 e. The number of nitrogens with one attached hydrogen (secondary N) is 2. The van der Waals surface area contributed by atoms with E-state index < -0.39 is 10.0 Å². The summed E-state index contributed by atoms with van der Waals surface area (Å²) >= 11 is 0. The first-order valence-corrected chi connectivity index (χ1v) is 8.88. The average Bonchev–Trinajstić information content (AvgIpc) is 3.24. The average molecular weight is 289 g/mol. The summed E-state index contributed by atoms with van der Waals surface area (Å²) in [5, 5.41) is 2.90. The van der Waals surface area contributed by atoms with Crippen LogP contribution in [0.25, 0.3) is 0 Å². The van der Waals surface area contributed by atoms with Gasteiger partial charge in [0.1, 0.15) is 0 Å². The van der Waals surface area contributed by atoms with Gasteiger partial charge in [-0.2, -0.15) is 0 Å². The SMILES string of the molecule is CC(CNS(=O)(=O)C(C)CNC1CC1)N(C)C1CC1. The molecule has 0 aliphatic heterocycles. The fourth-order valence-electron chi connectivity index (χ4n) is 2.09. The van der Waals surface area contributed by atoms with Gasteiger partial charge < -0.3 is 5.32 Å². The largest absolute Gasteiger partial charge is 0.313 e. The van der Waals surface area contributed by atoms with Crippen molar-refractivity contribution in [3.05, 3.63) is 0 Å². The van der Waals surface area contributed by atoms with E-state index in [1.165, 1.54) is 25.7 Å². The van der Waals surface area contributed by atoms with Gasteiger partial charge in [0.05, 0.1) is 5.25 Å². The van der Waals surface area contributed by atoms with Crippen LogP contribution >= 0.6 is 0 Å². The molecule has 0 aromatic carbocycles. The second kappa shape index (κ2) is 6.08. The van der Waals surface area contributed by atoms with Crippen LogP contribution in [0.1, 0.15) is 39.5 Å². The molecule has 0 radical (unpaired) electrons. The Morgan fingerprint density at radius 3 is 2.32 bits per heavy atom. The summed E-state index contributed by atoms with van der Waals surface area (Å²) in [4.78, 5) is 2.27. The number of nitrogens with zero attached hydrogens (tertiary/aromatic N) is 1. The molecule has 19 heavy (non-hydrogen) atoms. The Morgan fingerprint density at radius 2 is 1.79 bits per heavy atom. The lowest BCUT2D eigenvalue weighted by atomic mass is 10.3. The third kappa shape index (κ3) is 4.70. The lowest BCUT2D eigenvalue weighted by Crippen LogP contribution is -2.45. The van der Waals surface area contributed by atoms with E-state index in [-0.39, 0.29) is 11.3 Å². The summed E-state index contributed by atoms with van der Waals surface area (Å²) in [6.45, 7) is 4.90. The van der Waals surface area contributed by atoms with Crippen molar-refractivity contribution in [2.45, 2.75) is 62.9 Å². The quantitative estimate of drug-likeness (QED) is 0.650. The van der Waals surface area contributed by atoms with E-state index in [9.17, 15) is 8.42 Å². The standard InChI is InChI=1S/C13H27N3O2S/c1-10(16(3)13-6-7-13)8-15-19(17,18)11(2)9-14-12-4-5-12/h10-15H,4-9H2,1-3H3. The lowest BCUT2D eigenvalue weighted by Gasteiger charge is -2.25. The molecule has 2 saturated carbocycles. The Morgan fingerprint density at radius 1 is 1.16 bits per heavy atom. The first-order valence-electron chi connectivity index (χ1n) is 7.34. The van der Waals surface area contributed by atoms with Crippen molar-refractivity contribution in [3.63, 3.8) is 0 Å². The molecule has 2 unspecified atom stereocenters. The van der Waals surface area contributed by atoms with Crippen LogP contribution in [0.15, 0.2) is 0 Å². The molecule has 2 N–H and O–H groups in total. The summed E-state index contributed by atoms with van der Waals surface area (Å²) in [6.07, 6.45) is 4.86. The molecule has 0 amide bonds. The molecule has 2 aliphatic carbocycles. The maximum absolute atomic E-state index is 12.1. The second-order valence-electron chi connectivity index (χ2n) is 6.13. The summed E-state index contributed by atoms with van der Waals surface area (Å²) in [5.74, 6) is 0. The van der Waals surface area contributed by atoms with Gasteiger partial charge in [-0.05, 0) is 46.6 Å². The van der Waals surface area contributed by atoms with E-state index in [2.05, 4.69) is 28.9 Å². The molecule has 0 saturated heterocycles. The normalized spacial score (nSPS) is 23.6. The van der Waals surface area contributed by atoms with Gasteiger partial charge in [0.2, 0.25) is 10.0 Å². The second-order valence-corrected chi connectivity index (χ2v) is 8.32. The zero-order chi connectivity index (χ0) is 14.0. The van der Waals surface area contributed by atoms with Gasteiger partial charge in [-0.1, -0.05) is 0 Å². The summed E-state index contributed by atoms with van der Waals surface area (Å²) in [5.41, 5.74) is 0. The fourth-order valence-corrected chi connectivity index (χ4v) is 3.17. The van der Waals surface area contributed by atoms with Crippen LogP contribution in [-0.4, -0.2) is 56.8 Å². The molecule has 0 aromatic rings. The highest BCUT2D eigenvalue weighted by atomic mass is 32.2. The van der Waals surface area contributed by atoms with Crippen molar-refractivity contribution in [3.8, 4) is 0 Å². The molecular weight excluding hydrogens is 262 g/mol. The Hall–Kier alpha value is -0.170. The molecule has 0 aromatic heterocycles. The third-order valence-corrected chi connectivity index (χ3v) is 5.99. The Bertz CT molecular complexity index is 391. The van der Waals surface area contributed by atoms with Crippen LogP contribution in [0.4, 0.5) is 0 Å². The van der Waals surface area contributed by atoms with Gasteiger partial charge in [-0.15, -0.1) is 0 Å². The van der Waals surface area contributed by atoms with Gasteiger partial charge in [0.15, 0.2) is 0 Å². The summed E-state index contributed by atoms with van der Waals surface area (Å²) < 4.78 is 27.0. The molecule has 0 bridgehead atoms. The van der Waals surface area contributed by atoms with E-state index in [4.69, 9.17) is 0 Å². The molecule has 2 aliphatic rings. The number of rotatable bonds is 9. The topological polar surface area (TPSA) is 61.4 Å². The highest BCUT2D eigenvalue weighted by Gasteiger charge is 2.30. The van der Waals surface area contributed by atoms with Crippen molar-refractivity contribution < 1.29 is 8.42 Å². The van der Waals surface area contributed by atoms with Crippen LogP contribution in [-0.2, 0) is 10.0 Å². The van der Waals surface area contributed by atoms with Gasteiger partial charge in [0, 0.05) is 31.2 Å². The molecule has 5 nitrogen and oxygen atoms in total. The molecular formula is C13H27N3O2S. The molecule has 6 heteroatoms. The third-order valence-electron chi connectivity index (χ3n) is 4.20. The first-order chi connectivity index (χ1) is 8.90. The monoisotopic (exact) mass is 289 g/mol. The van der Waals surface area contributed by atoms with Crippen LogP contribution in [0.5, 0.6) is 0 Å². The molecule has 0 heterocycles. The zero-order valence-corrected chi connectivity index (χ0v) is 13.0. The van der Waals surface area contributed by atoms with Crippen LogP contribution in [0.2, 0.25) is 0 Å². The predicted octanol–water partition coefficient (Wildman–Crippen LogP) is 0.529. The van der Waals surface area contributed by atoms with Crippen LogP contribution in [0.3, 0.4) is 0 Å². The molecule has 112 valence electrons. The highest BCUT2D eigenvalue weighted by Crippen LogP contribution is 2.26. The zero-order valence-electron chi connectivity index (χ0n) is 12.2. The number of hydrogen-bond acceptors (Lipinski definition) is 4. The fraction of sp³-hybridized carbons (Fsp3) is 1.00. The molecule has 0 spiro atoms. The van der Waals surface area contributed by atoms with E-state index in [1.54, 1.807) is 6.92 Å². The Labute approximate surface area is 117 Å². The minimum absolute atomic E-state index is 0.255. The van der Waals surface area contributed by atoms with E-state index in [0.717, 1.165) is 0 Å².